The molecule has 1 fully saturated rings. The highest BCUT2D eigenvalue weighted by Crippen LogP contribution is 2.19. The van der Waals surface area contributed by atoms with Crippen molar-refractivity contribution in [1.82, 2.24) is 14.5 Å². The molecule has 9 nitrogen and oxygen atoms in total. The third-order valence-corrected chi connectivity index (χ3v) is 5.03. The molecule has 24 heavy (non-hydrogen) atoms. The lowest BCUT2D eigenvalue weighted by molar-refractivity contribution is -0.122. The second-order valence-electron chi connectivity index (χ2n) is 5.57. The number of nitrogens with one attached hydrogen (secondary N) is 1. The number of amides is 2. The van der Waals surface area contributed by atoms with E-state index in [1.807, 2.05) is 0 Å². The van der Waals surface area contributed by atoms with Gasteiger partial charge in [-0.2, -0.15) is 4.31 Å². The summed E-state index contributed by atoms with van der Waals surface area (Å²) in [4.78, 5) is 25.2. The SMILES string of the molecule is CCOC(=O)N1CCC(N(CC(=O)NCCOC)S(C)(=O)=O)CC1. The van der Waals surface area contributed by atoms with E-state index < -0.39 is 10.0 Å². The van der Waals surface area contributed by atoms with Crippen molar-refractivity contribution in [1.29, 1.82) is 0 Å². The van der Waals surface area contributed by atoms with E-state index >= 15 is 0 Å². The number of likely N-dealkylation sites (tertiary alicyclic amines) is 1. The Kier molecular flexibility index (Phi) is 8.43. The smallest absolute Gasteiger partial charge is 0.409 e. The molecule has 1 rings (SSSR count). The molecule has 0 saturated carbocycles. The summed E-state index contributed by atoms with van der Waals surface area (Å²) in [6.45, 7) is 3.30. The minimum Gasteiger partial charge on any atom is -0.450 e. The maximum absolute atomic E-state index is 12.0. The monoisotopic (exact) mass is 365 g/mol. The zero-order valence-corrected chi connectivity index (χ0v) is 15.3. The molecule has 2 amide bonds. The van der Waals surface area contributed by atoms with Crippen LogP contribution in [0.4, 0.5) is 4.79 Å². The van der Waals surface area contributed by atoms with Crippen molar-refractivity contribution in [2.24, 2.45) is 0 Å². The van der Waals surface area contributed by atoms with Crippen LogP contribution in [0.5, 0.6) is 0 Å². The van der Waals surface area contributed by atoms with Gasteiger partial charge >= 0.3 is 6.09 Å². The molecule has 0 radical (unpaired) electrons. The Morgan fingerprint density at radius 2 is 1.92 bits per heavy atom. The van der Waals surface area contributed by atoms with Crippen molar-refractivity contribution in [2.45, 2.75) is 25.8 Å². The van der Waals surface area contributed by atoms with E-state index in [2.05, 4.69) is 5.32 Å². The summed E-state index contributed by atoms with van der Waals surface area (Å²) < 4.78 is 35.0. The summed E-state index contributed by atoms with van der Waals surface area (Å²) in [7, 11) is -2.01. The minimum absolute atomic E-state index is 0.230. The highest BCUT2D eigenvalue weighted by Gasteiger charge is 2.33. The van der Waals surface area contributed by atoms with Gasteiger partial charge in [0, 0.05) is 32.8 Å². The van der Waals surface area contributed by atoms with Crippen LogP contribution in [-0.2, 0) is 24.3 Å². The van der Waals surface area contributed by atoms with Crippen LogP contribution in [-0.4, -0.2) is 88.4 Å². The Hall–Kier alpha value is -1.39. The van der Waals surface area contributed by atoms with E-state index in [0.29, 0.717) is 45.7 Å². The zero-order chi connectivity index (χ0) is 18.2. The van der Waals surface area contributed by atoms with Gasteiger partial charge in [-0.15, -0.1) is 0 Å². The topological polar surface area (TPSA) is 105 Å². The number of hydrogen-bond donors (Lipinski definition) is 1. The van der Waals surface area contributed by atoms with Crippen LogP contribution in [0.15, 0.2) is 0 Å². The van der Waals surface area contributed by atoms with Crippen LogP contribution in [0.25, 0.3) is 0 Å². The Bertz CT molecular complexity index is 517. The van der Waals surface area contributed by atoms with E-state index in [1.165, 1.54) is 11.4 Å². The standard InChI is InChI=1S/C14H27N3O6S/c1-4-23-14(19)16-8-5-12(6-9-16)17(24(3,20)21)11-13(18)15-7-10-22-2/h12H,4-11H2,1-3H3,(H,15,18). The summed E-state index contributed by atoms with van der Waals surface area (Å²) in [6, 6.07) is -0.307. The van der Waals surface area contributed by atoms with E-state index in [-0.39, 0.29) is 24.6 Å². The second-order valence-corrected chi connectivity index (χ2v) is 7.50. The average molecular weight is 365 g/mol. The minimum atomic E-state index is -3.53. The molecule has 10 heteroatoms. The normalized spacial score (nSPS) is 16.2. The second kappa shape index (κ2) is 9.80. The van der Waals surface area contributed by atoms with Crippen molar-refractivity contribution in [3.8, 4) is 0 Å². The zero-order valence-electron chi connectivity index (χ0n) is 14.5. The number of piperidine rings is 1. The Morgan fingerprint density at radius 3 is 2.42 bits per heavy atom. The molecule has 0 unspecified atom stereocenters. The van der Waals surface area contributed by atoms with Crippen LogP contribution in [0.1, 0.15) is 19.8 Å². The van der Waals surface area contributed by atoms with Crippen LogP contribution < -0.4 is 5.32 Å². The maximum Gasteiger partial charge on any atom is 0.409 e. The number of hydrogen-bond acceptors (Lipinski definition) is 6. The van der Waals surface area contributed by atoms with Gasteiger partial charge in [-0.05, 0) is 19.8 Å². The van der Waals surface area contributed by atoms with Crippen molar-refractivity contribution in [3.63, 3.8) is 0 Å². The van der Waals surface area contributed by atoms with Crippen LogP contribution in [0.3, 0.4) is 0 Å². The quantitative estimate of drug-likeness (QED) is 0.589. The van der Waals surface area contributed by atoms with Gasteiger partial charge in [0.2, 0.25) is 15.9 Å². The molecule has 0 atom stereocenters. The first-order valence-electron chi connectivity index (χ1n) is 7.93. The molecule has 0 aliphatic carbocycles. The van der Waals surface area contributed by atoms with Gasteiger partial charge in [-0.25, -0.2) is 13.2 Å². The molecule has 1 N–H and O–H groups in total. The number of ether oxygens (including phenoxy) is 2. The Balaban J connectivity index is 2.61. The Morgan fingerprint density at radius 1 is 1.29 bits per heavy atom. The van der Waals surface area contributed by atoms with Gasteiger partial charge in [-0.1, -0.05) is 0 Å². The molecule has 1 heterocycles. The molecule has 0 aromatic rings. The first-order chi connectivity index (χ1) is 11.3. The average Bonchev–Trinajstić information content (AvgIpc) is 2.52. The number of sulfonamides is 1. The molecular formula is C14H27N3O6S. The van der Waals surface area contributed by atoms with Crippen molar-refractivity contribution in [2.75, 3.05) is 52.8 Å². The first kappa shape index (κ1) is 20.7. The lowest BCUT2D eigenvalue weighted by Crippen LogP contribution is -2.51. The molecule has 1 saturated heterocycles. The van der Waals surface area contributed by atoms with Gasteiger partial charge in [0.25, 0.3) is 0 Å². The molecule has 0 aromatic heterocycles. The highest BCUT2D eigenvalue weighted by atomic mass is 32.2. The molecule has 1 aliphatic heterocycles. The number of rotatable bonds is 8. The Labute approximate surface area is 143 Å². The first-order valence-corrected chi connectivity index (χ1v) is 9.78. The van der Waals surface area contributed by atoms with Crippen molar-refractivity contribution >= 4 is 22.0 Å². The molecular weight excluding hydrogens is 338 g/mol. The van der Waals surface area contributed by atoms with Gasteiger partial charge in [-0.3, -0.25) is 4.79 Å². The fourth-order valence-electron chi connectivity index (χ4n) is 2.56. The van der Waals surface area contributed by atoms with Crippen molar-refractivity contribution in [3.05, 3.63) is 0 Å². The van der Waals surface area contributed by atoms with E-state index in [4.69, 9.17) is 9.47 Å². The molecule has 0 spiro atoms. The van der Waals surface area contributed by atoms with Gasteiger partial charge in [0.1, 0.15) is 0 Å². The number of carbonyl (C=O) groups excluding carboxylic acids is 2. The molecule has 140 valence electrons. The van der Waals surface area contributed by atoms with Crippen LogP contribution in [0, 0.1) is 0 Å². The summed E-state index contributed by atoms with van der Waals surface area (Å²) in [5.41, 5.74) is 0. The summed E-state index contributed by atoms with van der Waals surface area (Å²) in [6.07, 6.45) is 1.64. The maximum atomic E-state index is 12.0. The van der Waals surface area contributed by atoms with Gasteiger partial charge < -0.3 is 19.7 Å². The predicted molar refractivity (Wildman–Crippen MR) is 88.1 cm³/mol. The lowest BCUT2D eigenvalue weighted by Gasteiger charge is -2.36. The highest BCUT2D eigenvalue weighted by molar-refractivity contribution is 7.88. The fraction of sp³-hybridized carbons (Fsp3) is 0.857. The third-order valence-electron chi connectivity index (χ3n) is 3.75. The van der Waals surface area contributed by atoms with E-state index in [9.17, 15) is 18.0 Å². The summed E-state index contributed by atoms with van der Waals surface area (Å²) >= 11 is 0. The van der Waals surface area contributed by atoms with E-state index in [0.717, 1.165) is 6.26 Å². The van der Waals surface area contributed by atoms with Crippen molar-refractivity contribution < 1.29 is 27.5 Å². The van der Waals surface area contributed by atoms with Gasteiger partial charge in [0.15, 0.2) is 0 Å². The van der Waals surface area contributed by atoms with Crippen LogP contribution in [0.2, 0.25) is 0 Å². The molecule has 1 aliphatic rings. The van der Waals surface area contributed by atoms with E-state index in [1.54, 1.807) is 11.8 Å². The lowest BCUT2D eigenvalue weighted by atomic mass is 10.1. The van der Waals surface area contributed by atoms with Crippen LogP contribution >= 0.6 is 0 Å². The number of carbonyl (C=O) groups is 2. The third kappa shape index (κ3) is 6.62. The predicted octanol–water partition coefficient (Wildman–Crippen LogP) is -0.368. The summed E-state index contributed by atoms with van der Waals surface area (Å²) in [5.74, 6) is -0.370. The molecule has 0 bridgehead atoms. The number of methoxy groups -OCH3 is 1. The fourth-order valence-corrected chi connectivity index (χ4v) is 3.66. The largest absolute Gasteiger partial charge is 0.450 e. The summed E-state index contributed by atoms with van der Waals surface area (Å²) in [5, 5.41) is 2.61. The number of nitrogens with zero attached hydrogens (tertiary/aromatic N) is 2. The molecule has 0 aromatic carbocycles. The van der Waals surface area contributed by atoms with Gasteiger partial charge in [0.05, 0.1) is 26.0 Å².